The number of carbonyl (C=O) groups is 1. The summed E-state index contributed by atoms with van der Waals surface area (Å²) in [7, 11) is 0. The minimum Gasteiger partial charge on any atom is -0.324 e. The molecular weight excluding hydrogens is 281 g/mol. The number of hydrogen-bond donors (Lipinski definition) is 2. The fourth-order valence-corrected chi connectivity index (χ4v) is 1.76. The quantitative estimate of drug-likeness (QED) is 0.853. The van der Waals surface area contributed by atoms with Crippen LogP contribution >= 0.6 is 0 Å². The second-order valence-electron chi connectivity index (χ2n) is 4.62. The third-order valence-corrected chi connectivity index (χ3v) is 2.94. The van der Waals surface area contributed by atoms with E-state index in [1.54, 1.807) is 24.3 Å². The summed E-state index contributed by atoms with van der Waals surface area (Å²) in [5.41, 5.74) is 6.72. The number of carbonyl (C=O) groups excluding carboxylic acids is 1. The summed E-state index contributed by atoms with van der Waals surface area (Å²) in [6.45, 7) is 1.82. The molecule has 0 saturated carbocycles. The second kappa shape index (κ2) is 5.97. The van der Waals surface area contributed by atoms with E-state index in [0.29, 0.717) is 17.8 Å². The normalized spacial score (nSPS) is 12.0. The molecule has 0 bridgehead atoms. The summed E-state index contributed by atoms with van der Waals surface area (Å²) in [6, 6.07) is 7.83. The Morgan fingerprint density at radius 2 is 1.62 bits per heavy atom. The van der Waals surface area contributed by atoms with Gasteiger partial charge >= 0.3 is 0 Å². The van der Waals surface area contributed by atoms with Crippen molar-refractivity contribution in [3.8, 4) is 0 Å². The first kappa shape index (κ1) is 15.1. The molecule has 0 aliphatic carbocycles. The smallest absolute Gasteiger partial charge is 0.255 e. The van der Waals surface area contributed by atoms with Crippen molar-refractivity contribution in [1.82, 2.24) is 0 Å². The van der Waals surface area contributed by atoms with E-state index in [9.17, 15) is 18.0 Å². The molecule has 1 unspecified atom stereocenters. The minimum atomic E-state index is -1.60. The fraction of sp³-hybridized carbons (Fsp3) is 0.133. The van der Waals surface area contributed by atoms with Gasteiger partial charge in [-0.25, -0.2) is 13.2 Å². The third kappa shape index (κ3) is 3.41. The van der Waals surface area contributed by atoms with E-state index in [0.717, 1.165) is 5.56 Å². The molecule has 2 aromatic rings. The second-order valence-corrected chi connectivity index (χ2v) is 4.62. The number of nitrogens with two attached hydrogens (primary N) is 1. The summed E-state index contributed by atoms with van der Waals surface area (Å²) in [6.07, 6.45) is 0. The first-order valence-electron chi connectivity index (χ1n) is 6.20. The lowest BCUT2D eigenvalue weighted by Crippen LogP contribution is -2.13. The highest BCUT2D eigenvalue weighted by Gasteiger charge is 2.15. The maximum atomic E-state index is 13.1. The largest absolute Gasteiger partial charge is 0.324 e. The van der Waals surface area contributed by atoms with Crippen molar-refractivity contribution in [1.29, 1.82) is 0 Å². The standard InChI is InChI=1S/C15H13F3N2O/c1-8(19)9-2-4-11(5-3-9)20-15(21)10-6-12(16)14(18)13(17)7-10/h2-8H,19H2,1H3,(H,20,21). The van der Waals surface area contributed by atoms with Crippen molar-refractivity contribution in [3.63, 3.8) is 0 Å². The van der Waals surface area contributed by atoms with Crippen molar-refractivity contribution >= 4 is 11.6 Å². The lowest BCUT2D eigenvalue weighted by Gasteiger charge is -2.09. The predicted octanol–water partition coefficient (Wildman–Crippen LogP) is 3.38. The van der Waals surface area contributed by atoms with Crippen LogP contribution in [-0.2, 0) is 0 Å². The SMILES string of the molecule is CC(N)c1ccc(NC(=O)c2cc(F)c(F)c(F)c2)cc1. The van der Waals surface area contributed by atoms with Crippen LogP contribution < -0.4 is 11.1 Å². The van der Waals surface area contributed by atoms with Gasteiger partial charge in [-0.15, -0.1) is 0 Å². The summed E-state index contributed by atoms with van der Waals surface area (Å²) in [4.78, 5) is 11.9. The van der Waals surface area contributed by atoms with Crippen molar-refractivity contribution in [2.45, 2.75) is 13.0 Å². The Morgan fingerprint density at radius 1 is 1.10 bits per heavy atom. The molecule has 21 heavy (non-hydrogen) atoms. The van der Waals surface area contributed by atoms with Crippen molar-refractivity contribution < 1.29 is 18.0 Å². The molecule has 3 N–H and O–H groups in total. The Balaban J connectivity index is 2.18. The highest BCUT2D eigenvalue weighted by molar-refractivity contribution is 6.04. The molecule has 110 valence electrons. The molecule has 1 amide bonds. The molecule has 2 aromatic carbocycles. The van der Waals surface area contributed by atoms with Crippen LogP contribution in [0.2, 0.25) is 0 Å². The van der Waals surface area contributed by atoms with Crippen molar-refractivity contribution in [3.05, 3.63) is 65.0 Å². The highest BCUT2D eigenvalue weighted by atomic mass is 19.2. The first-order chi connectivity index (χ1) is 9.88. The van der Waals surface area contributed by atoms with Crippen LogP contribution in [0.3, 0.4) is 0 Å². The maximum Gasteiger partial charge on any atom is 0.255 e. The minimum absolute atomic E-state index is 0.143. The van der Waals surface area contributed by atoms with Crippen LogP contribution in [0.5, 0.6) is 0 Å². The summed E-state index contributed by atoms with van der Waals surface area (Å²) < 4.78 is 39.0. The van der Waals surface area contributed by atoms with Gasteiger partial charge in [-0.3, -0.25) is 4.79 Å². The maximum absolute atomic E-state index is 13.1. The number of nitrogens with one attached hydrogen (secondary N) is 1. The lowest BCUT2D eigenvalue weighted by atomic mass is 10.1. The van der Waals surface area contributed by atoms with Crippen LogP contribution in [0, 0.1) is 17.5 Å². The Morgan fingerprint density at radius 3 is 2.10 bits per heavy atom. The molecule has 0 radical (unpaired) electrons. The van der Waals surface area contributed by atoms with E-state index in [2.05, 4.69) is 5.32 Å². The number of rotatable bonds is 3. The number of amides is 1. The number of halogens is 3. The molecule has 3 nitrogen and oxygen atoms in total. The Hall–Kier alpha value is -2.34. The van der Waals surface area contributed by atoms with E-state index < -0.39 is 23.4 Å². The van der Waals surface area contributed by atoms with Crippen molar-refractivity contribution in [2.75, 3.05) is 5.32 Å². The van der Waals surface area contributed by atoms with Crippen LogP contribution in [0.25, 0.3) is 0 Å². The summed E-state index contributed by atoms with van der Waals surface area (Å²) in [5.74, 6) is -5.16. The van der Waals surface area contributed by atoms with E-state index in [-0.39, 0.29) is 11.6 Å². The molecule has 0 aliphatic heterocycles. The lowest BCUT2D eigenvalue weighted by molar-refractivity contribution is 0.102. The molecule has 2 rings (SSSR count). The number of benzene rings is 2. The van der Waals surface area contributed by atoms with Gasteiger partial charge in [0.1, 0.15) is 0 Å². The molecular formula is C15H13F3N2O. The Bertz CT molecular complexity index is 646. The Labute approximate surface area is 119 Å². The molecule has 6 heteroatoms. The van der Waals surface area contributed by atoms with Gasteiger partial charge in [0.25, 0.3) is 5.91 Å². The molecule has 0 spiro atoms. The highest BCUT2D eigenvalue weighted by Crippen LogP contribution is 2.17. The Kier molecular flexibility index (Phi) is 4.28. The van der Waals surface area contributed by atoms with Gasteiger partial charge in [0, 0.05) is 17.3 Å². The van der Waals surface area contributed by atoms with Gasteiger partial charge in [-0.1, -0.05) is 12.1 Å². The van der Waals surface area contributed by atoms with Gasteiger partial charge in [-0.05, 0) is 36.8 Å². The topological polar surface area (TPSA) is 55.1 Å². The number of hydrogen-bond acceptors (Lipinski definition) is 2. The average Bonchev–Trinajstić information content (AvgIpc) is 2.44. The van der Waals surface area contributed by atoms with Gasteiger partial charge in [0.05, 0.1) is 0 Å². The van der Waals surface area contributed by atoms with E-state index >= 15 is 0 Å². The van der Waals surface area contributed by atoms with Crippen molar-refractivity contribution in [2.24, 2.45) is 5.73 Å². The molecule has 1 atom stereocenters. The molecule has 0 fully saturated rings. The molecule has 0 aromatic heterocycles. The van der Waals surface area contributed by atoms with Crippen LogP contribution in [0.1, 0.15) is 28.9 Å². The molecule has 0 heterocycles. The van der Waals surface area contributed by atoms with Crippen LogP contribution in [-0.4, -0.2) is 5.91 Å². The van der Waals surface area contributed by atoms with Crippen LogP contribution in [0.4, 0.5) is 18.9 Å². The summed E-state index contributed by atoms with van der Waals surface area (Å²) in [5, 5.41) is 2.46. The first-order valence-corrected chi connectivity index (χ1v) is 6.20. The number of anilines is 1. The molecule has 0 aliphatic rings. The zero-order valence-corrected chi connectivity index (χ0v) is 11.2. The zero-order valence-electron chi connectivity index (χ0n) is 11.2. The third-order valence-electron chi connectivity index (χ3n) is 2.94. The van der Waals surface area contributed by atoms with Gasteiger partial charge in [0.2, 0.25) is 0 Å². The van der Waals surface area contributed by atoms with Gasteiger partial charge in [-0.2, -0.15) is 0 Å². The van der Waals surface area contributed by atoms with E-state index in [4.69, 9.17) is 5.73 Å². The van der Waals surface area contributed by atoms with E-state index in [1.807, 2.05) is 6.92 Å². The van der Waals surface area contributed by atoms with Gasteiger partial charge in [0.15, 0.2) is 17.5 Å². The molecule has 0 saturated heterocycles. The van der Waals surface area contributed by atoms with Gasteiger partial charge < -0.3 is 11.1 Å². The monoisotopic (exact) mass is 294 g/mol. The average molecular weight is 294 g/mol. The van der Waals surface area contributed by atoms with Crippen LogP contribution in [0.15, 0.2) is 36.4 Å². The zero-order chi connectivity index (χ0) is 15.6. The summed E-state index contributed by atoms with van der Waals surface area (Å²) >= 11 is 0. The predicted molar refractivity (Wildman–Crippen MR) is 73.3 cm³/mol. The fourth-order valence-electron chi connectivity index (χ4n) is 1.76. The van der Waals surface area contributed by atoms with E-state index in [1.165, 1.54) is 0 Å².